The number of hydroxylamine groups is 2. The first kappa shape index (κ1) is 14.7. The van der Waals surface area contributed by atoms with Crippen LogP contribution in [-0.4, -0.2) is 33.9 Å². The van der Waals surface area contributed by atoms with Crippen molar-refractivity contribution >= 4 is 42.8 Å². The number of imide groups is 2. The number of hydrogen-bond donors (Lipinski definition) is 2. The van der Waals surface area contributed by atoms with Gasteiger partial charge in [0.05, 0.1) is 22.3 Å². The van der Waals surface area contributed by atoms with Gasteiger partial charge in [0.25, 0.3) is 23.6 Å². The topological polar surface area (TPSA) is 104 Å². The van der Waals surface area contributed by atoms with Crippen molar-refractivity contribution in [3.63, 3.8) is 0 Å². The van der Waals surface area contributed by atoms with Crippen LogP contribution in [0.15, 0.2) is 36.4 Å². The van der Waals surface area contributed by atoms with Gasteiger partial charge in [0.2, 0.25) is 0 Å². The first-order chi connectivity index (χ1) is 11.5. The first-order valence-electron chi connectivity index (χ1n) is 6.94. The summed E-state index contributed by atoms with van der Waals surface area (Å²) in [5, 5.41) is 13.3. The van der Waals surface area contributed by atoms with Crippen molar-refractivity contribution in [1.29, 1.82) is 0 Å². The highest BCUT2D eigenvalue weighted by molar-refractivity contribution is 7.55. The molecule has 1 atom stereocenters. The van der Waals surface area contributed by atoms with Crippen LogP contribution in [0.2, 0.25) is 0 Å². The van der Waals surface area contributed by atoms with E-state index in [1.54, 1.807) is 30.3 Å². The van der Waals surface area contributed by atoms with Crippen LogP contribution in [0.25, 0.3) is 0 Å². The minimum Gasteiger partial charge on any atom is -0.288 e. The Hall–Kier alpha value is -2.89. The minimum absolute atomic E-state index is 0.100. The summed E-state index contributed by atoms with van der Waals surface area (Å²) in [5.74, 6) is -2.32. The van der Waals surface area contributed by atoms with E-state index < -0.39 is 23.6 Å². The Morgan fingerprint density at radius 3 is 2.00 bits per heavy atom. The van der Waals surface area contributed by atoms with E-state index in [2.05, 4.69) is 5.32 Å². The van der Waals surface area contributed by atoms with Crippen LogP contribution >= 0.6 is 8.58 Å². The van der Waals surface area contributed by atoms with E-state index in [1.807, 2.05) is 0 Å². The molecule has 8 heteroatoms. The summed E-state index contributed by atoms with van der Waals surface area (Å²) in [6, 6.07) is 9.73. The van der Waals surface area contributed by atoms with E-state index in [0.29, 0.717) is 11.1 Å². The van der Waals surface area contributed by atoms with Gasteiger partial charge in [-0.3, -0.25) is 29.7 Å². The number of benzene rings is 2. The van der Waals surface area contributed by atoms with Crippen molar-refractivity contribution in [3.05, 3.63) is 58.7 Å². The summed E-state index contributed by atoms with van der Waals surface area (Å²) in [4.78, 5) is 46.7. The van der Waals surface area contributed by atoms with Crippen molar-refractivity contribution < 1.29 is 24.4 Å². The van der Waals surface area contributed by atoms with Crippen LogP contribution in [0.4, 0.5) is 0 Å². The zero-order valence-electron chi connectivity index (χ0n) is 12.0. The van der Waals surface area contributed by atoms with Crippen molar-refractivity contribution in [2.45, 2.75) is 0 Å². The zero-order valence-corrected chi connectivity index (χ0v) is 13.0. The monoisotopic (exact) mass is 340 g/mol. The molecule has 4 amide bonds. The Bertz CT molecular complexity index is 969. The van der Waals surface area contributed by atoms with Gasteiger partial charge in [-0.05, 0) is 34.9 Å². The Morgan fingerprint density at radius 2 is 1.29 bits per heavy atom. The average molecular weight is 340 g/mol. The Balaban J connectivity index is 1.67. The normalized spacial score (nSPS) is 16.1. The molecule has 0 saturated heterocycles. The molecule has 7 nitrogen and oxygen atoms in total. The molecular formula is C16H9N2O5P. The first-order valence-corrected chi connectivity index (χ1v) is 7.94. The van der Waals surface area contributed by atoms with E-state index in [9.17, 15) is 24.4 Å². The number of nitrogens with zero attached hydrogens (tertiary/aromatic N) is 1. The molecule has 0 aromatic heterocycles. The fraction of sp³-hybridized carbons (Fsp3) is 0. The standard InChI is InChI=1S/C16H9N2O5P/c19-13-9-3-1-7(5-11(9)14(20)17-13)24-8-2-4-10-12(6-8)16(22)18(23)15(10)21/h1-6,23-24H,(H,17,19,20). The summed E-state index contributed by atoms with van der Waals surface area (Å²) in [7, 11) is 0.125. The van der Waals surface area contributed by atoms with Crippen LogP contribution < -0.4 is 15.9 Å². The maximum Gasteiger partial charge on any atom is 0.285 e. The molecule has 2 heterocycles. The summed E-state index contributed by atoms with van der Waals surface area (Å²) in [6.45, 7) is 0. The van der Waals surface area contributed by atoms with Crippen molar-refractivity contribution in [1.82, 2.24) is 10.4 Å². The molecule has 1 unspecified atom stereocenters. The predicted molar refractivity (Wildman–Crippen MR) is 84.6 cm³/mol. The number of fused-ring (bicyclic) bond motifs is 2. The van der Waals surface area contributed by atoms with Crippen molar-refractivity contribution in [2.24, 2.45) is 0 Å². The molecule has 0 aliphatic carbocycles. The number of carbonyl (C=O) groups is 4. The molecule has 0 saturated carbocycles. The van der Waals surface area contributed by atoms with Gasteiger partial charge in [-0.1, -0.05) is 20.7 Å². The quantitative estimate of drug-likeness (QED) is 0.461. The fourth-order valence-electron chi connectivity index (χ4n) is 2.72. The largest absolute Gasteiger partial charge is 0.288 e. The maximum absolute atomic E-state index is 11.8. The fourth-order valence-corrected chi connectivity index (χ4v) is 3.82. The highest BCUT2D eigenvalue weighted by atomic mass is 31.1. The molecule has 118 valence electrons. The van der Waals surface area contributed by atoms with Crippen LogP contribution in [0.1, 0.15) is 41.4 Å². The van der Waals surface area contributed by atoms with Gasteiger partial charge >= 0.3 is 0 Å². The molecule has 0 spiro atoms. The van der Waals surface area contributed by atoms with Gasteiger partial charge in [0.15, 0.2) is 0 Å². The summed E-state index contributed by atoms with van der Waals surface area (Å²) in [6.07, 6.45) is 0. The number of nitrogens with one attached hydrogen (secondary N) is 1. The molecule has 0 bridgehead atoms. The second-order valence-electron chi connectivity index (χ2n) is 5.35. The molecule has 2 aromatic carbocycles. The predicted octanol–water partition coefficient (Wildman–Crippen LogP) is 0.185. The van der Waals surface area contributed by atoms with Gasteiger partial charge in [-0.2, -0.15) is 0 Å². The van der Waals surface area contributed by atoms with Crippen LogP contribution in [0.3, 0.4) is 0 Å². The van der Waals surface area contributed by atoms with Crippen LogP contribution in [0, 0.1) is 0 Å². The zero-order chi connectivity index (χ0) is 17.0. The lowest BCUT2D eigenvalue weighted by Crippen LogP contribution is -2.25. The molecule has 0 fully saturated rings. The number of rotatable bonds is 2. The Kier molecular flexibility index (Phi) is 3.09. The Morgan fingerprint density at radius 1 is 0.750 bits per heavy atom. The second-order valence-corrected chi connectivity index (χ2v) is 6.76. The number of amides is 4. The van der Waals surface area contributed by atoms with Crippen molar-refractivity contribution in [2.75, 3.05) is 0 Å². The van der Waals surface area contributed by atoms with Gasteiger partial charge in [-0.25, -0.2) is 0 Å². The van der Waals surface area contributed by atoms with E-state index in [1.165, 1.54) is 6.07 Å². The molecule has 2 aliphatic rings. The smallest absolute Gasteiger partial charge is 0.285 e. The third-order valence-corrected chi connectivity index (χ3v) is 5.09. The van der Waals surface area contributed by atoms with Gasteiger partial charge in [-0.15, -0.1) is 5.06 Å². The molecule has 2 N–H and O–H groups in total. The highest BCUT2D eigenvalue weighted by Gasteiger charge is 2.35. The van der Waals surface area contributed by atoms with E-state index in [4.69, 9.17) is 0 Å². The SMILES string of the molecule is O=C1NC(=O)c2cc(Pc3ccc4c(c3)C(=O)N(O)C4=O)ccc21. The highest BCUT2D eigenvalue weighted by Crippen LogP contribution is 2.23. The lowest BCUT2D eigenvalue weighted by molar-refractivity contribution is -0.0327. The van der Waals surface area contributed by atoms with Crippen LogP contribution in [-0.2, 0) is 0 Å². The average Bonchev–Trinajstić information content (AvgIpc) is 2.97. The lowest BCUT2D eigenvalue weighted by atomic mass is 10.1. The summed E-state index contributed by atoms with van der Waals surface area (Å²) < 4.78 is 0. The van der Waals surface area contributed by atoms with Crippen molar-refractivity contribution in [3.8, 4) is 0 Å². The maximum atomic E-state index is 11.8. The van der Waals surface area contributed by atoms with Gasteiger partial charge in [0.1, 0.15) is 0 Å². The molecule has 4 rings (SSSR count). The number of carbonyl (C=O) groups excluding carboxylic acids is 4. The van der Waals surface area contributed by atoms with E-state index in [0.717, 1.165) is 10.6 Å². The van der Waals surface area contributed by atoms with Gasteiger partial charge < -0.3 is 0 Å². The van der Waals surface area contributed by atoms with E-state index >= 15 is 0 Å². The Labute approximate surface area is 137 Å². The molecule has 2 aliphatic heterocycles. The van der Waals surface area contributed by atoms with E-state index in [-0.39, 0.29) is 24.8 Å². The third kappa shape index (κ3) is 2.06. The molecule has 24 heavy (non-hydrogen) atoms. The minimum atomic E-state index is -0.749. The van der Waals surface area contributed by atoms with Crippen LogP contribution in [0.5, 0.6) is 0 Å². The third-order valence-electron chi connectivity index (χ3n) is 3.89. The summed E-state index contributed by atoms with van der Waals surface area (Å²) >= 11 is 0. The van der Waals surface area contributed by atoms with Gasteiger partial charge in [0, 0.05) is 0 Å². The summed E-state index contributed by atoms with van der Waals surface area (Å²) in [5.41, 5.74) is 0.995. The number of hydrogen-bond acceptors (Lipinski definition) is 5. The molecule has 0 radical (unpaired) electrons. The molecule has 2 aromatic rings. The molecular weight excluding hydrogens is 331 g/mol. The second kappa shape index (κ2) is 5.06. The lowest BCUT2D eigenvalue weighted by Gasteiger charge is -2.05.